The molecule has 8 atom stereocenters. The average Bonchev–Trinajstić information content (AvgIpc) is 2.91. The second kappa shape index (κ2) is 7.02. The van der Waals surface area contributed by atoms with Crippen LogP contribution in [0.2, 0.25) is 0 Å². The molecule has 3 saturated carbocycles. The number of ketones is 2. The van der Waals surface area contributed by atoms with Gasteiger partial charge in [-0.25, -0.2) is 0 Å². The van der Waals surface area contributed by atoms with E-state index < -0.39 is 27.4 Å². The summed E-state index contributed by atoms with van der Waals surface area (Å²) < 4.78 is 6.00. The fourth-order valence-electron chi connectivity index (χ4n) is 7.63. The third-order valence-electron chi connectivity index (χ3n) is 9.30. The topological polar surface area (TPSA) is 80.7 Å². The molecule has 0 aromatic rings. The molecule has 0 bridgehead atoms. The van der Waals surface area contributed by atoms with Crippen molar-refractivity contribution in [2.75, 3.05) is 0 Å². The molecule has 0 heterocycles. The molecule has 0 aromatic carbocycles. The Kier molecular flexibility index (Phi) is 5.14. The summed E-state index contributed by atoms with van der Waals surface area (Å²) in [5.41, 5.74) is -1.90. The van der Waals surface area contributed by atoms with E-state index >= 15 is 0 Å². The van der Waals surface area contributed by atoms with Gasteiger partial charge in [-0.3, -0.25) is 14.4 Å². The molecule has 5 nitrogen and oxygen atoms in total. The monoisotopic (exact) mass is 448 g/mol. The number of ether oxygens (including phenoxy) is 1. The summed E-state index contributed by atoms with van der Waals surface area (Å²) in [5.74, 6) is -0.908. The number of aliphatic hydroxyl groups is 1. The minimum atomic E-state index is -1.48. The maximum Gasteiger partial charge on any atom is 0.305 e. The second-order valence-corrected chi connectivity index (χ2v) is 11.2. The van der Waals surface area contributed by atoms with Crippen LogP contribution >= 0.6 is 11.6 Å². The lowest BCUT2D eigenvalue weighted by Gasteiger charge is -2.64. The van der Waals surface area contributed by atoms with Crippen molar-refractivity contribution in [2.45, 2.75) is 83.3 Å². The van der Waals surface area contributed by atoms with Gasteiger partial charge in [0.1, 0.15) is 11.7 Å². The molecular weight excluding hydrogens is 416 g/mol. The third-order valence-corrected chi connectivity index (χ3v) is 10.2. The van der Waals surface area contributed by atoms with Crippen LogP contribution in [0, 0.1) is 28.6 Å². The Labute approximate surface area is 189 Å². The number of carbonyl (C=O) groups excluding carboxylic acids is 3. The van der Waals surface area contributed by atoms with Crippen molar-refractivity contribution in [3.63, 3.8) is 0 Å². The van der Waals surface area contributed by atoms with Crippen LogP contribution in [0.3, 0.4) is 0 Å². The first-order chi connectivity index (χ1) is 14.4. The van der Waals surface area contributed by atoms with Crippen LogP contribution in [0.5, 0.6) is 0 Å². The standard InChI is InChI=1S/C25H33ClO5/c1-6-21(29)31-20-13-23(5)19(11-14(2)25(23,30)15(3)27)18-8-7-16-12-17(28)9-10-22(16,4)24(18,20)26/h9-10,12,14,18-20,30H,6-8,11,13H2,1-5H3/t14-,18-,19-,20-,22-,23-,24-,25-/m0/s1. The first-order valence-electron chi connectivity index (χ1n) is 11.4. The van der Waals surface area contributed by atoms with Gasteiger partial charge in [0.2, 0.25) is 0 Å². The molecule has 0 aliphatic heterocycles. The highest BCUT2D eigenvalue weighted by Crippen LogP contribution is 2.71. The Morgan fingerprint density at radius 1 is 1.29 bits per heavy atom. The molecule has 0 saturated heterocycles. The SMILES string of the molecule is CCC(=O)O[C@H]1C[C@@]2(C)[C@@H](C[C@H](C)[C@]2(O)C(C)=O)[C@@H]2CCC3=CC(=O)C=C[C@]3(C)[C@@]12Cl. The quantitative estimate of drug-likeness (QED) is 0.518. The minimum absolute atomic E-state index is 0.00915. The number of allylic oxidation sites excluding steroid dienone is 4. The molecule has 0 unspecified atom stereocenters. The normalized spacial score (nSPS) is 48.4. The molecule has 0 spiro atoms. The number of esters is 1. The number of hydrogen-bond acceptors (Lipinski definition) is 5. The first kappa shape index (κ1) is 22.7. The molecule has 0 amide bonds. The summed E-state index contributed by atoms with van der Waals surface area (Å²) in [5, 5.41) is 11.7. The van der Waals surface area contributed by atoms with E-state index in [-0.39, 0.29) is 41.7 Å². The summed E-state index contributed by atoms with van der Waals surface area (Å²) in [6.07, 6.45) is 7.11. The van der Waals surface area contributed by atoms with E-state index in [2.05, 4.69) is 0 Å². The van der Waals surface area contributed by atoms with Crippen LogP contribution in [0.25, 0.3) is 0 Å². The van der Waals surface area contributed by atoms with Gasteiger partial charge in [-0.1, -0.05) is 39.3 Å². The summed E-state index contributed by atoms with van der Waals surface area (Å²) in [6.45, 7) is 9.14. The lowest BCUT2D eigenvalue weighted by molar-refractivity contribution is -0.188. The maximum absolute atomic E-state index is 12.7. The molecule has 6 heteroatoms. The highest BCUT2D eigenvalue weighted by Gasteiger charge is 2.75. The molecule has 0 radical (unpaired) electrons. The van der Waals surface area contributed by atoms with Gasteiger partial charge in [0.05, 0.1) is 4.87 Å². The zero-order chi connectivity index (χ0) is 23.0. The van der Waals surface area contributed by atoms with Gasteiger partial charge in [0, 0.05) is 17.3 Å². The number of Topliss-reactive ketones (excluding diaryl/α,β-unsaturated/α-hetero) is 1. The Morgan fingerprint density at radius 3 is 2.58 bits per heavy atom. The van der Waals surface area contributed by atoms with E-state index in [1.165, 1.54) is 6.92 Å². The number of halogens is 1. The molecular formula is C25H33ClO5. The molecule has 4 rings (SSSR count). The van der Waals surface area contributed by atoms with E-state index in [9.17, 15) is 19.5 Å². The Bertz CT molecular complexity index is 908. The third kappa shape index (κ3) is 2.68. The van der Waals surface area contributed by atoms with Gasteiger partial charge in [-0.2, -0.15) is 0 Å². The predicted octanol–water partition coefficient (Wildman–Crippen LogP) is 4.15. The molecule has 3 fully saturated rings. The zero-order valence-corrected chi connectivity index (χ0v) is 19.8. The van der Waals surface area contributed by atoms with Crippen molar-refractivity contribution in [1.29, 1.82) is 0 Å². The lowest BCUT2D eigenvalue weighted by atomic mass is 9.45. The number of rotatable bonds is 3. The highest BCUT2D eigenvalue weighted by molar-refractivity contribution is 6.26. The first-order valence-corrected chi connectivity index (χ1v) is 11.8. The van der Waals surface area contributed by atoms with Crippen LogP contribution in [0.1, 0.15) is 66.7 Å². The second-order valence-electron chi connectivity index (χ2n) is 10.5. The Hall–Kier alpha value is -1.46. The largest absolute Gasteiger partial charge is 0.460 e. The number of carbonyl (C=O) groups is 3. The predicted molar refractivity (Wildman–Crippen MR) is 117 cm³/mol. The van der Waals surface area contributed by atoms with Crippen molar-refractivity contribution in [1.82, 2.24) is 0 Å². The van der Waals surface area contributed by atoms with Crippen molar-refractivity contribution in [3.8, 4) is 0 Å². The van der Waals surface area contributed by atoms with Gasteiger partial charge < -0.3 is 9.84 Å². The van der Waals surface area contributed by atoms with E-state index in [0.29, 0.717) is 12.8 Å². The van der Waals surface area contributed by atoms with E-state index in [4.69, 9.17) is 16.3 Å². The van der Waals surface area contributed by atoms with Crippen molar-refractivity contribution >= 4 is 29.1 Å². The van der Waals surface area contributed by atoms with Crippen molar-refractivity contribution in [3.05, 3.63) is 23.8 Å². The van der Waals surface area contributed by atoms with Crippen molar-refractivity contribution < 1.29 is 24.2 Å². The summed E-state index contributed by atoms with van der Waals surface area (Å²) in [4.78, 5) is 36.4. The van der Waals surface area contributed by atoms with Crippen molar-refractivity contribution in [2.24, 2.45) is 28.6 Å². The summed E-state index contributed by atoms with van der Waals surface area (Å²) >= 11 is 7.61. The lowest BCUT2D eigenvalue weighted by Crippen LogP contribution is -2.69. The van der Waals surface area contributed by atoms with Gasteiger partial charge >= 0.3 is 5.97 Å². The van der Waals surface area contributed by atoms with E-state index in [1.54, 1.807) is 19.1 Å². The highest BCUT2D eigenvalue weighted by atomic mass is 35.5. The average molecular weight is 449 g/mol. The van der Waals surface area contributed by atoms with Crippen LogP contribution in [0.15, 0.2) is 23.8 Å². The summed E-state index contributed by atoms with van der Waals surface area (Å²) in [7, 11) is 0. The number of alkyl halides is 1. The zero-order valence-electron chi connectivity index (χ0n) is 19.0. The van der Waals surface area contributed by atoms with Crippen LogP contribution in [-0.4, -0.2) is 39.2 Å². The molecule has 4 aliphatic carbocycles. The summed E-state index contributed by atoms with van der Waals surface area (Å²) in [6, 6.07) is 0. The van der Waals surface area contributed by atoms with Gasteiger partial charge in [-0.05, 0) is 62.5 Å². The maximum atomic E-state index is 12.7. The Morgan fingerprint density at radius 2 is 1.97 bits per heavy atom. The number of fused-ring (bicyclic) bond motifs is 5. The molecule has 4 aliphatic rings. The van der Waals surface area contributed by atoms with Gasteiger partial charge in [0.15, 0.2) is 11.6 Å². The Balaban J connectivity index is 1.90. The fraction of sp³-hybridized carbons (Fsp3) is 0.720. The molecule has 31 heavy (non-hydrogen) atoms. The van der Waals surface area contributed by atoms with Crippen LogP contribution in [0.4, 0.5) is 0 Å². The van der Waals surface area contributed by atoms with E-state index in [1.807, 2.05) is 26.8 Å². The van der Waals surface area contributed by atoms with E-state index in [0.717, 1.165) is 18.4 Å². The molecule has 1 N–H and O–H groups in total. The van der Waals surface area contributed by atoms with Gasteiger partial charge in [-0.15, -0.1) is 11.6 Å². The molecule has 0 aromatic heterocycles. The molecule has 170 valence electrons. The van der Waals surface area contributed by atoms with Crippen LogP contribution < -0.4 is 0 Å². The fourth-order valence-corrected chi connectivity index (χ4v) is 8.20. The number of hydrogen-bond donors (Lipinski definition) is 1. The smallest absolute Gasteiger partial charge is 0.305 e. The minimum Gasteiger partial charge on any atom is -0.460 e. The van der Waals surface area contributed by atoms with Gasteiger partial charge in [0.25, 0.3) is 0 Å². The van der Waals surface area contributed by atoms with Crippen LogP contribution in [-0.2, 0) is 19.1 Å².